The number of nitrogens with one attached hydrogen (secondary N) is 1. The average Bonchev–Trinajstić information content (AvgIpc) is 2.67. The molecule has 7 heteroatoms. The van der Waals surface area contributed by atoms with Crippen molar-refractivity contribution in [2.45, 2.75) is 6.04 Å². The Labute approximate surface area is 151 Å². The molecular formula is C18H19ClN4O2. The van der Waals surface area contributed by atoms with Gasteiger partial charge in [0.15, 0.2) is 5.84 Å². The van der Waals surface area contributed by atoms with Gasteiger partial charge in [-0.1, -0.05) is 11.6 Å². The van der Waals surface area contributed by atoms with Crippen molar-refractivity contribution < 1.29 is 9.47 Å². The molecule has 0 spiro atoms. The highest BCUT2D eigenvalue weighted by Gasteiger charge is 2.32. The van der Waals surface area contributed by atoms with Gasteiger partial charge >= 0.3 is 0 Å². The number of rotatable bonds is 2. The van der Waals surface area contributed by atoms with Crippen molar-refractivity contribution in [2.75, 3.05) is 33.4 Å². The lowest BCUT2D eigenvalue weighted by Gasteiger charge is -2.36. The SMILES string of the molecule is COc1ccc(C2=NC3=CC(Cl)=CNC3C(N3CCOCC3)=N2)cc1. The Morgan fingerprint density at radius 1 is 1.20 bits per heavy atom. The van der Waals surface area contributed by atoms with Crippen LogP contribution in [0.5, 0.6) is 5.75 Å². The van der Waals surface area contributed by atoms with E-state index in [9.17, 15) is 0 Å². The second kappa shape index (κ2) is 6.90. The topological polar surface area (TPSA) is 58.5 Å². The number of morpholine rings is 1. The van der Waals surface area contributed by atoms with Crippen molar-refractivity contribution >= 4 is 23.3 Å². The van der Waals surface area contributed by atoms with Gasteiger partial charge in [0.25, 0.3) is 0 Å². The number of methoxy groups -OCH3 is 1. The van der Waals surface area contributed by atoms with Gasteiger partial charge in [0.05, 0.1) is 31.1 Å². The van der Waals surface area contributed by atoms with Gasteiger partial charge in [0, 0.05) is 24.9 Å². The summed E-state index contributed by atoms with van der Waals surface area (Å²) in [7, 11) is 1.65. The first kappa shape index (κ1) is 16.2. The minimum atomic E-state index is -0.0809. The van der Waals surface area contributed by atoms with E-state index in [4.69, 9.17) is 31.1 Å². The highest BCUT2D eigenvalue weighted by Crippen LogP contribution is 2.25. The lowest BCUT2D eigenvalue weighted by atomic mass is 10.1. The van der Waals surface area contributed by atoms with Crippen LogP contribution in [0.4, 0.5) is 0 Å². The van der Waals surface area contributed by atoms with Crippen LogP contribution in [0.25, 0.3) is 0 Å². The normalized spacial score (nSPS) is 22.8. The van der Waals surface area contributed by atoms with Crippen molar-refractivity contribution in [1.82, 2.24) is 10.2 Å². The monoisotopic (exact) mass is 358 g/mol. The Morgan fingerprint density at radius 3 is 2.68 bits per heavy atom. The second-order valence-electron chi connectivity index (χ2n) is 5.93. The van der Waals surface area contributed by atoms with Gasteiger partial charge < -0.3 is 19.7 Å². The molecule has 3 aliphatic heterocycles. The lowest BCUT2D eigenvalue weighted by molar-refractivity contribution is 0.0668. The maximum absolute atomic E-state index is 6.17. The van der Waals surface area contributed by atoms with E-state index < -0.39 is 0 Å². The van der Waals surface area contributed by atoms with E-state index in [1.165, 1.54) is 0 Å². The van der Waals surface area contributed by atoms with Gasteiger partial charge in [-0.25, -0.2) is 9.98 Å². The summed E-state index contributed by atoms with van der Waals surface area (Å²) in [5, 5.41) is 3.94. The summed E-state index contributed by atoms with van der Waals surface area (Å²) in [6.45, 7) is 3.04. The van der Waals surface area contributed by atoms with Crippen LogP contribution in [-0.4, -0.2) is 56.0 Å². The first-order valence-corrected chi connectivity index (χ1v) is 8.60. The molecule has 0 radical (unpaired) electrons. The molecule has 1 N–H and O–H groups in total. The fraction of sp³-hybridized carbons (Fsp3) is 0.333. The third-order valence-electron chi connectivity index (χ3n) is 4.37. The van der Waals surface area contributed by atoms with E-state index in [-0.39, 0.29) is 6.04 Å². The van der Waals surface area contributed by atoms with E-state index in [1.54, 1.807) is 13.3 Å². The third-order valence-corrected chi connectivity index (χ3v) is 4.58. The molecule has 0 bridgehead atoms. The summed E-state index contributed by atoms with van der Waals surface area (Å²) in [6.07, 6.45) is 3.68. The number of dihydropyridines is 1. The van der Waals surface area contributed by atoms with Gasteiger partial charge in [0.2, 0.25) is 0 Å². The Kier molecular flexibility index (Phi) is 4.46. The first-order valence-electron chi connectivity index (χ1n) is 8.22. The molecule has 4 rings (SSSR count). The fourth-order valence-corrected chi connectivity index (χ4v) is 3.23. The van der Waals surface area contributed by atoms with Crippen LogP contribution >= 0.6 is 11.6 Å². The van der Waals surface area contributed by atoms with E-state index >= 15 is 0 Å². The number of allylic oxidation sites excluding steroid dienone is 2. The van der Waals surface area contributed by atoms with Gasteiger partial charge in [-0.05, 0) is 30.3 Å². The molecule has 0 saturated carbocycles. The Bertz CT molecular complexity index is 777. The Balaban J connectivity index is 1.73. The van der Waals surface area contributed by atoms with Crippen LogP contribution in [0.2, 0.25) is 0 Å². The summed E-state index contributed by atoms with van der Waals surface area (Å²) in [4.78, 5) is 11.8. The molecule has 6 nitrogen and oxygen atoms in total. The predicted octanol–water partition coefficient (Wildman–Crippen LogP) is 2.12. The smallest absolute Gasteiger partial charge is 0.161 e. The summed E-state index contributed by atoms with van der Waals surface area (Å²) >= 11 is 6.17. The van der Waals surface area contributed by atoms with E-state index in [0.29, 0.717) is 24.1 Å². The second-order valence-corrected chi connectivity index (χ2v) is 6.37. The van der Waals surface area contributed by atoms with Crippen LogP contribution in [-0.2, 0) is 4.74 Å². The molecule has 1 atom stereocenters. The maximum atomic E-state index is 6.17. The van der Waals surface area contributed by atoms with Crippen molar-refractivity contribution in [1.29, 1.82) is 0 Å². The molecule has 0 aliphatic carbocycles. The van der Waals surface area contributed by atoms with Crippen molar-refractivity contribution in [3.63, 3.8) is 0 Å². The molecule has 130 valence electrons. The molecule has 1 fully saturated rings. The minimum absolute atomic E-state index is 0.0809. The quantitative estimate of drug-likeness (QED) is 0.879. The van der Waals surface area contributed by atoms with E-state index in [2.05, 4.69) is 10.2 Å². The fourth-order valence-electron chi connectivity index (χ4n) is 3.05. The molecule has 3 aliphatic rings. The van der Waals surface area contributed by atoms with Crippen LogP contribution < -0.4 is 10.1 Å². The molecular weight excluding hydrogens is 340 g/mol. The Hall–Kier alpha value is -2.31. The molecule has 0 amide bonds. The predicted molar refractivity (Wildman–Crippen MR) is 98.3 cm³/mol. The summed E-state index contributed by atoms with van der Waals surface area (Å²) < 4.78 is 10.7. The summed E-state index contributed by atoms with van der Waals surface area (Å²) in [5.74, 6) is 2.44. The number of hydrogen-bond donors (Lipinski definition) is 1. The first-order chi connectivity index (χ1) is 12.2. The van der Waals surface area contributed by atoms with Crippen LogP contribution in [0.1, 0.15) is 5.56 Å². The van der Waals surface area contributed by atoms with Gasteiger partial charge in [-0.2, -0.15) is 0 Å². The molecule has 1 unspecified atom stereocenters. The third kappa shape index (κ3) is 3.27. The van der Waals surface area contributed by atoms with Crippen LogP contribution in [0.15, 0.2) is 57.3 Å². The maximum Gasteiger partial charge on any atom is 0.161 e. The zero-order valence-corrected chi connectivity index (χ0v) is 14.7. The zero-order valence-electron chi connectivity index (χ0n) is 13.9. The van der Waals surface area contributed by atoms with Crippen molar-refractivity contribution in [3.8, 4) is 5.75 Å². The largest absolute Gasteiger partial charge is 0.497 e. The van der Waals surface area contributed by atoms with Gasteiger partial charge in [0.1, 0.15) is 17.6 Å². The number of amidine groups is 2. The van der Waals surface area contributed by atoms with Crippen molar-refractivity contribution in [3.05, 3.63) is 52.8 Å². The molecule has 1 aromatic carbocycles. The van der Waals surface area contributed by atoms with Crippen molar-refractivity contribution in [2.24, 2.45) is 9.98 Å². The molecule has 1 saturated heterocycles. The highest BCUT2D eigenvalue weighted by atomic mass is 35.5. The minimum Gasteiger partial charge on any atom is -0.497 e. The number of nitrogens with zero attached hydrogens (tertiary/aromatic N) is 3. The number of hydrogen-bond acceptors (Lipinski definition) is 6. The number of aliphatic imine (C=N–C) groups is 2. The van der Waals surface area contributed by atoms with Crippen LogP contribution in [0.3, 0.4) is 0 Å². The molecule has 25 heavy (non-hydrogen) atoms. The Morgan fingerprint density at radius 2 is 1.96 bits per heavy atom. The summed E-state index contributed by atoms with van der Waals surface area (Å²) in [6, 6.07) is 7.67. The molecule has 3 heterocycles. The van der Waals surface area contributed by atoms with Gasteiger partial charge in [-0.15, -0.1) is 0 Å². The molecule has 0 aromatic heterocycles. The number of halogens is 1. The zero-order chi connectivity index (χ0) is 17.2. The average molecular weight is 359 g/mol. The highest BCUT2D eigenvalue weighted by molar-refractivity contribution is 6.31. The van der Waals surface area contributed by atoms with E-state index in [0.717, 1.165) is 35.9 Å². The van der Waals surface area contributed by atoms with Gasteiger partial charge in [-0.3, -0.25) is 0 Å². The lowest BCUT2D eigenvalue weighted by Crippen LogP contribution is -2.52. The number of fused-ring (bicyclic) bond motifs is 1. The van der Waals surface area contributed by atoms with Crippen LogP contribution in [0, 0.1) is 0 Å². The standard InChI is InChI=1S/C18H19ClN4O2/c1-24-14-4-2-12(3-5-14)17-21-15-10-13(19)11-20-16(15)18(22-17)23-6-8-25-9-7-23/h2-5,10-11,16,20H,6-9H2,1H3. The number of ether oxygens (including phenoxy) is 2. The molecule has 1 aromatic rings. The number of benzene rings is 1. The summed E-state index contributed by atoms with van der Waals surface area (Å²) in [5.41, 5.74) is 1.81. The van der Waals surface area contributed by atoms with E-state index in [1.807, 2.05) is 30.3 Å².